The molecule has 4 aliphatic rings. The highest BCUT2D eigenvalue weighted by Crippen LogP contribution is 2.51. The van der Waals surface area contributed by atoms with E-state index in [2.05, 4.69) is 0 Å². The minimum absolute atomic E-state index is 0.0178. The lowest BCUT2D eigenvalue weighted by atomic mass is 9.68. The van der Waals surface area contributed by atoms with Gasteiger partial charge in [-0.05, 0) is 13.3 Å². The van der Waals surface area contributed by atoms with E-state index in [1.807, 2.05) is 0 Å². The summed E-state index contributed by atoms with van der Waals surface area (Å²) in [5.74, 6) is -4.52. The summed E-state index contributed by atoms with van der Waals surface area (Å²) in [5, 5.41) is 53.3. The van der Waals surface area contributed by atoms with Crippen LogP contribution in [0.2, 0.25) is 0 Å². The maximum Gasteiger partial charge on any atom is 0.196 e. The lowest BCUT2D eigenvalue weighted by molar-refractivity contribution is -0.239. The monoisotopic (exact) mass is 561 g/mol. The number of hydrogen-bond donors (Lipinski definition) is 6. The highest BCUT2D eigenvalue weighted by atomic mass is 16.7. The normalized spacial score (nSPS) is 33.9. The van der Waals surface area contributed by atoms with Gasteiger partial charge in [-0.2, -0.15) is 0 Å². The van der Waals surface area contributed by atoms with Gasteiger partial charge in [0.2, 0.25) is 0 Å². The first-order chi connectivity index (χ1) is 18.8. The van der Waals surface area contributed by atoms with Gasteiger partial charge in [-0.15, -0.1) is 0 Å². The van der Waals surface area contributed by atoms with Crippen molar-refractivity contribution in [1.29, 1.82) is 0 Å². The first-order valence-corrected chi connectivity index (χ1v) is 12.9. The molecule has 0 radical (unpaired) electrons. The topological polar surface area (TPSA) is 223 Å². The number of methoxy groups -OCH3 is 1. The second-order valence-electron chi connectivity index (χ2n) is 10.8. The second kappa shape index (κ2) is 10.1. The van der Waals surface area contributed by atoms with Crippen molar-refractivity contribution in [2.24, 2.45) is 5.73 Å². The third-order valence-corrected chi connectivity index (χ3v) is 8.34. The van der Waals surface area contributed by atoms with E-state index in [1.165, 1.54) is 7.11 Å². The van der Waals surface area contributed by atoms with Gasteiger partial charge < -0.3 is 45.5 Å². The number of aromatic hydroxyl groups is 2. The van der Waals surface area contributed by atoms with E-state index >= 15 is 0 Å². The van der Waals surface area contributed by atoms with Gasteiger partial charge in [0.1, 0.15) is 29.8 Å². The number of aliphatic hydroxyl groups is 3. The Kier molecular flexibility index (Phi) is 7.19. The molecule has 216 valence electrons. The zero-order chi connectivity index (χ0) is 29.3. The fraction of sp³-hybridized carbons (Fsp3) is 0.556. The molecule has 1 aromatic rings. The van der Waals surface area contributed by atoms with Crippen LogP contribution in [-0.2, 0) is 30.2 Å². The largest absolute Gasteiger partial charge is 0.507 e. The maximum atomic E-state index is 14.0. The smallest absolute Gasteiger partial charge is 0.196 e. The number of carbonyl (C=O) groups is 4. The van der Waals surface area contributed by atoms with Crippen LogP contribution in [0.25, 0.3) is 0 Å². The number of nitrogens with two attached hydrogens (primary N) is 1. The predicted octanol–water partition coefficient (Wildman–Crippen LogP) is -0.729. The number of phenols is 2. The van der Waals surface area contributed by atoms with Gasteiger partial charge in [0.05, 0.1) is 29.4 Å². The molecule has 3 aliphatic carbocycles. The van der Waals surface area contributed by atoms with E-state index in [0.29, 0.717) is 0 Å². The van der Waals surface area contributed by atoms with Crippen molar-refractivity contribution in [2.45, 2.75) is 81.4 Å². The summed E-state index contributed by atoms with van der Waals surface area (Å²) < 4.78 is 16.9. The van der Waals surface area contributed by atoms with Crippen molar-refractivity contribution in [1.82, 2.24) is 0 Å². The Morgan fingerprint density at radius 1 is 1.12 bits per heavy atom. The molecule has 13 heteroatoms. The quantitative estimate of drug-likeness (QED) is 0.244. The number of ether oxygens (including phenoxy) is 3. The summed E-state index contributed by atoms with van der Waals surface area (Å²) in [4.78, 5) is 52.9. The summed E-state index contributed by atoms with van der Waals surface area (Å²) in [5.41, 5.74) is 2.01. The fourth-order valence-corrected chi connectivity index (χ4v) is 6.23. The number of Topliss-reactive ketones (excluding diaryl/α,β-unsaturated/α-hetero) is 4. The maximum absolute atomic E-state index is 14.0. The zero-order valence-electron chi connectivity index (χ0n) is 21.9. The van der Waals surface area contributed by atoms with E-state index < -0.39 is 102 Å². The molecule has 0 bridgehead atoms. The van der Waals surface area contributed by atoms with Crippen LogP contribution in [0.3, 0.4) is 0 Å². The highest BCUT2D eigenvalue weighted by molar-refractivity contribution is 6.30. The predicted molar refractivity (Wildman–Crippen MR) is 133 cm³/mol. The van der Waals surface area contributed by atoms with Gasteiger partial charge in [-0.3, -0.25) is 19.2 Å². The van der Waals surface area contributed by atoms with E-state index in [9.17, 15) is 44.7 Å². The molecule has 5 rings (SSSR count). The first kappa shape index (κ1) is 28.5. The van der Waals surface area contributed by atoms with Crippen molar-refractivity contribution in [3.8, 4) is 11.5 Å². The fourth-order valence-electron chi connectivity index (χ4n) is 6.23. The molecule has 1 unspecified atom stereocenters. The van der Waals surface area contributed by atoms with Gasteiger partial charge in [0, 0.05) is 61.1 Å². The lowest BCUT2D eigenvalue weighted by Gasteiger charge is -2.43. The van der Waals surface area contributed by atoms with Crippen LogP contribution < -0.4 is 5.73 Å². The molecule has 1 saturated heterocycles. The third kappa shape index (κ3) is 4.20. The van der Waals surface area contributed by atoms with Gasteiger partial charge in [-0.1, -0.05) is 0 Å². The molecule has 1 aromatic carbocycles. The lowest BCUT2D eigenvalue weighted by Crippen LogP contribution is -2.55. The average molecular weight is 562 g/mol. The van der Waals surface area contributed by atoms with Crippen molar-refractivity contribution in [2.75, 3.05) is 13.7 Å². The Bertz CT molecular complexity index is 1340. The Balaban J connectivity index is 1.65. The standard InChI is InChI=1S/C27H31NO12/c1-9-21(32)12(28)5-16(39-9)40-14-7-27(37,15(31)8-29)6-11-17(14)24(35)20-19(23(11)34)22(33)10-3-4-13(30)26(38-2)18(10)25(20)36/h9,12,14,16,21,26,29,32-33,36-37H,3-8,28H2,1-2H3/t9-,12-,14-,16-,21+,26?,27-/m0/s1. The van der Waals surface area contributed by atoms with Crippen LogP contribution in [0.5, 0.6) is 11.5 Å². The number of rotatable bonds is 5. The Morgan fingerprint density at radius 3 is 2.42 bits per heavy atom. The van der Waals surface area contributed by atoms with Crippen LogP contribution in [-0.4, -0.2) is 98.6 Å². The van der Waals surface area contributed by atoms with E-state index in [-0.39, 0.29) is 47.3 Å². The summed E-state index contributed by atoms with van der Waals surface area (Å²) in [6.45, 7) is 0.505. The molecule has 7 N–H and O–H groups in total. The van der Waals surface area contributed by atoms with E-state index in [1.54, 1.807) is 6.92 Å². The van der Waals surface area contributed by atoms with Crippen molar-refractivity contribution >= 4 is 23.1 Å². The number of carbonyl (C=O) groups excluding carboxylic acids is 4. The molecule has 0 amide bonds. The molecule has 1 fully saturated rings. The highest BCUT2D eigenvalue weighted by Gasteiger charge is 2.53. The first-order valence-electron chi connectivity index (χ1n) is 12.9. The second-order valence-corrected chi connectivity index (χ2v) is 10.8. The van der Waals surface area contributed by atoms with Gasteiger partial charge >= 0.3 is 0 Å². The summed E-state index contributed by atoms with van der Waals surface area (Å²) in [7, 11) is 1.23. The summed E-state index contributed by atoms with van der Waals surface area (Å²) >= 11 is 0. The minimum Gasteiger partial charge on any atom is -0.507 e. The van der Waals surface area contributed by atoms with Crippen LogP contribution >= 0.6 is 0 Å². The number of benzene rings is 1. The molecule has 7 atom stereocenters. The zero-order valence-corrected chi connectivity index (χ0v) is 21.9. The number of phenolic OH excluding ortho intramolecular Hbond substituents is 2. The molecule has 1 heterocycles. The van der Waals surface area contributed by atoms with Crippen LogP contribution in [0, 0.1) is 0 Å². The van der Waals surface area contributed by atoms with Crippen molar-refractivity contribution in [3.63, 3.8) is 0 Å². The molecular formula is C27H31NO12. The number of aliphatic hydroxyl groups excluding tert-OH is 2. The summed E-state index contributed by atoms with van der Waals surface area (Å²) in [6, 6.07) is -0.760. The van der Waals surface area contributed by atoms with Gasteiger partial charge in [0.25, 0.3) is 0 Å². The third-order valence-electron chi connectivity index (χ3n) is 8.34. The van der Waals surface area contributed by atoms with Gasteiger partial charge in [0.15, 0.2) is 29.4 Å². The van der Waals surface area contributed by atoms with Crippen molar-refractivity contribution < 1.29 is 58.9 Å². The number of ketones is 4. The summed E-state index contributed by atoms with van der Waals surface area (Å²) in [6.07, 6.45) is -6.84. The molecule has 0 saturated carbocycles. The molecule has 13 nitrogen and oxygen atoms in total. The molecule has 40 heavy (non-hydrogen) atoms. The molecular weight excluding hydrogens is 530 g/mol. The Hall–Kier alpha value is -3.04. The van der Waals surface area contributed by atoms with E-state index in [4.69, 9.17) is 19.9 Å². The molecule has 1 aliphatic heterocycles. The van der Waals surface area contributed by atoms with Crippen LogP contribution in [0.1, 0.15) is 70.6 Å². The molecule has 0 spiro atoms. The van der Waals surface area contributed by atoms with Crippen LogP contribution in [0.4, 0.5) is 0 Å². The average Bonchev–Trinajstić information content (AvgIpc) is 2.91. The Morgan fingerprint density at radius 2 is 1.80 bits per heavy atom. The van der Waals surface area contributed by atoms with E-state index in [0.717, 1.165) is 0 Å². The SMILES string of the molecule is COC1C(=O)CCc2c(O)c3c(c(O)c21)C(=O)C1=C(C[C@@](O)(C(=O)CO)C[C@@H]1O[C@H]1C[C@H](N)[C@H](O)[C@H](C)O1)C3=O. The minimum atomic E-state index is -2.30. The van der Waals surface area contributed by atoms with Crippen LogP contribution in [0.15, 0.2) is 11.1 Å². The number of fused-ring (bicyclic) bond motifs is 2. The van der Waals surface area contributed by atoms with Crippen molar-refractivity contribution in [3.05, 3.63) is 33.4 Å². The van der Waals surface area contributed by atoms with Gasteiger partial charge in [-0.25, -0.2) is 0 Å². The molecule has 0 aromatic heterocycles. The Labute approximate surface area is 228 Å². The number of hydrogen-bond acceptors (Lipinski definition) is 13.